The maximum absolute atomic E-state index is 11.8. The number of nitrogens with one attached hydrogen (secondary N) is 2. The minimum Gasteiger partial charge on any atom is -0.465 e. The Balaban J connectivity index is 1.89. The monoisotopic (exact) mass is 333 g/mol. The summed E-state index contributed by atoms with van der Waals surface area (Å²) >= 11 is 6.05. The Morgan fingerprint density at radius 2 is 2.13 bits per heavy atom. The molecular weight excluding hydrogens is 318 g/mol. The van der Waals surface area contributed by atoms with E-state index in [0.29, 0.717) is 22.8 Å². The molecule has 0 spiro atoms. The molecule has 2 rings (SSSR count). The number of benzene rings is 1. The molecule has 2 N–H and O–H groups in total. The predicted molar refractivity (Wildman–Crippen MR) is 87.4 cm³/mol. The molecule has 0 radical (unpaired) electrons. The topological polar surface area (TPSA) is 80.3 Å². The van der Waals surface area contributed by atoms with Crippen LogP contribution in [0.2, 0.25) is 5.02 Å². The number of pyridine rings is 1. The van der Waals surface area contributed by atoms with Gasteiger partial charge in [0.1, 0.15) is 0 Å². The summed E-state index contributed by atoms with van der Waals surface area (Å²) in [6.07, 6.45) is 3.35. The van der Waals surface area contributed by atoms with E-state index in [1.165, 1.54) is 7.11 Å². The highest BCUT2D eigenvalue weighted by Gasteiger charge is 2.10. The van der Waals surface area contributed by atoms with E-state index < -0.39 is 5.97 Å². The fourth-order valence-electron chi connectivity index (χ4n) is 1.85. The smallest absolute Gasteiger partial charge is 0.337 e. The molecule has 1 heterocycles. The van der Waals surface area contributed by atoms with Crippen molar-refractivity contribution in [3.8, 4) is 0 Å². The van der Waals surface area contributed by atoms with Crippen molar-refractivity contribution in [3.05, 3.63) is 58.9 Å². The molecular formula is C16H16ClN3O3. The van der Waals surface area contributed by atoms with Crippen LogP contribution in [0, 0.1) is 0 Å². The summed E-state index contributed by atoms with van der Waals surface area (Å²) < 4.78 is 4.65. The van der Waals surface area contributed by atoms with Gasteiger partial charge in [-0.15, -0.1) is 0 Å². The number of aromatic nitrogens is 1. The second kappa shape index (κ2) is 8.14. The number of halogens is 1. The van der Waals surface area contributed by atoms with Crippen LogP contribution in [0.3, 0.4) is 0 Å². The molecule has 0 saturated carbocycles. The zero-order chi connectivity index (χ0) is 16.7. The van der Waals surface area contributed by atoms with Crippen molar-refractivity contribution in [2.24, 2.45) is 0 Å². The van der Waals surface area contributed by atoms with Gasteiger partial charge in [-0.1, -0.05) is 17.7 Å². The van der Waals surface area contributed by atoms with Gasteiger partial charge in [0.15, 0.2) is 0 Å². The lowest BCUT2D eigenvalue weighted by molar-refractivity contribution is -0.119. The van der Waals surface area contributed by atoms with Gasteiger partial charge in [0.2, 0.25) is 5.91 Å². The molecule has 1 amide bonds. The van der Waals surface area contributed by atoms with Crippen LogP contribution in [0.25, 0.3) is 0 Å². The molecule has 0 aliphatic carbocycles. The van der Waals surface area contributed by atoms with E-state index in [-0.39, 0.29) is 12.5 Å². The van der Waals surface area contributed by atoms with E-state index in [2.05, 4.69) is 20.4 Å². The van der Waals surface area contributed by atoms with E-state index >= 15 is 0 Å². The van der Waals surface area contributed by atoms with Crippen molar-refractivity contribution in [2.45, 2.75) is 6.54 Å². The van der Waals surface area contributed by atoms with Crippen LogP contribution >= 0.6 is 11.6 Å². The lowest BCUT2D eigenvalue weighted by atomic mass is 10.2. The number of hydrogen-bond donors (Lipinski definition) is 2. The normalized spacial score (nSPS) is 10.0. The van der Waals surface area contributed by atoms with Crippen molar-refractivity contribution >= 4 is 29.2 Å². The van der Waals surface area contributed by atoms with Gasteiger partial charge in [0, 0.05) is 18.9 Å². The molecule has 0 fully saturated rings. The average molecular weight is 334 g/mol. The number of carbonyl (C=O) groups excluding carboxylic acids is 2. The Bertz CT molecular complexity index is 692. The highest BCUT2D eigenvalue weighted by atomic mass is 35.5. The molecule has 7 heteroatoms. The molecule has 0 bridgehead atoms. The lowest BCUT2D eigenvalue weighted by Crippen LogP contribution is -2.29. The van der Waals surface area contributed by atoms with Crippen molar-refractivity contribution in [1.29, 1.82) is 0 Å². The first kappa shape index (κ1) is 16.8. The fourth-order valence-corrected chi connectivity index (χ4v) is 2.03. The highest BCUT2D eigenvalue weighted by molar-refractivity contribution is 6.33. The number of nitrogens with zero attached hydrogens (tertiary/aromatic N) is 1. The van der Waals surface area contributed by atoms with E-state index in [9.17, 15) is 9.59 Å². The maximum Gasteiger partial charge on any atom is 0.337 e. The summed E-state index contributed by atoms with van der Waals surface area (Å²) in [5.41, 5.74) is 1.76. The SMILES string of the molecule is COC(=O)c1ccc(Cl)c(NCC(=O)NCc2cccnc2)c1. The van der Waals surface area contributed by atoms with Crippen LogP contribution in [-0.4, -0.2) is 30.5 Å². The number of carbonyl (C=O) groups is 2. The summed E-state index contributed by atoms with van der Waals surface area (Å²) in [6, 6.07) is 8.35. The molecule has 0 aliphatic rings. The zero-order valence-electron chi connectivity index (χ0n) is 12.5. The molecule has 23 heavy (non-hydrogen) atoms. The summed E-state index contributed by atoms with van der Waals surface area (Å²) in [5, 5.41) is 6.08. The zero-order valence-corrected chi connectivity index (χ0v) is 13.3. The van der Waals surface area contributed by atoms with Crippen molar-refractivity contribution in [1.82, 2.24) is 10.3 Å². The Morgan fingerprint density at radius 3 is 2.83 bits per heavy atom. The predicted octanol–water partition coefficient (Wildman–Crippen LogP) is 2.25. The van der Waals surface area contributed by atoms with Crippen molar-refractivity contribution in [2.75, 3.05) is 19.0 Å². The molecule has 6 nitrogen and oxygen atoms in total. The van der Waals surface area contributed by atoms with Crippen molar-refractivity contribution in [3.63, 3.8) is 0 Å². The number of anilines is 1. The molecule has 120 valence electrons. The number of rotatable bonds is 6. The Hall–Kier alpha value is -2.60. The number of esters is 1. The third-order valence-electron chi connectivity index (χ3n) is 3.04. The van der Waals surface area contributed by atoms with Gasteiger partial charge < -0.3 is 15.4 Å². The maximum atomic E-state index is 11.8. The van der Waals surface area contributed by atoms with Gasteiger partial charge in [-0.3, -0.25) is 9.78 Å². The van der Waals surface area contributed by atoms with Crippen LogP contribution in [0.5, 0.6) is 0 Å². The number of ether oxygens (including phenoxy) is 1. The number of hydrogen-bond acceptors (Lipinski definition) is 5. The van der Waals surface area contributed by atoms with Crippen LogP contribution < -0.4 is 10.6 Å². The van der Waals surface area contributed by atoms with E-state index in [1.54, 1.807) is 36.7 Å². The van der Waals surface area contributed by atoms with Crippen LogP contribution in [0.4, 0.5) is 5.69 Å². The minimum absolute atomic E-state index is 0.0323. The minimum atomic E-state index is -0.467. The van der Waals surface area contributed by atoms with Gasteiger partial charge >= 0.3 is 5.97 Å². The molecule has 0 atom stereocenters. The van der Waals surface area contributed by atoms with Gasteiger partial charge in [-0.25, -0.2) is 4.79 Å². The largest absolute Gasteiger partial charge is 0.465 e. The molecule has 0 saturated heterocycles. The van der Waals surface area contributed by atoms with E-state index in [1.807, 2.05) is 6.07 Å². The third kappa shape index (κ3) is 4.96. The summed E-state index contributed by atoms with van der Waals surface area (Å²) in [5.74, 6) is -0.667. The molecule has 0 aliphatic heterocycles. The summed E-state index contributed by atoms with van der Waals surface area (Å²) in [7, 11) is 1.30. The van der Waals surface area contributed by atoms with E-state index in [0.717, 1.165) is 5.56 Å². The second-order valence-corrected chi connectivity index (χ2v) is 5.08. The quantitative estimate of drug-likeness (QED) is 0.792. The van der Waals surface area contributed by atoms with Crippen LogP contribution in [0.1, 0.15) is 15.9 Å². The average Bonchev–Trinajstić information content (AvgIpc) is 2.59. The highest BCUT2D eigenvalue weighted by Crippen LogP contribution is 2.23. The first-order valence-electron chi connectivity index (χ1n) is 6.87. The fraction of sp³-hybridized carbons (Fsp3) is 0.188. The number of amides is 1. The van der Waals surface area contributed by atoms with Crippen LogP contribution in [0.15, 0.2) is 42.7 Å². The summed E-state index contributed by atoms with van der Waals surface area (Å²) in [4.78, 5) is 27.3. The summed E-state index contributed by atoms with van der Waals surface area (Å²) in [6.45, 7) is 0.425. The molecule has 1 aromatic heterocycles. The first-order chi connectivity index (χ1) is 11.1. The molecule has 1 aromatic carbocycles. The Kier molecular flexibility index (Phi) is 5.94. The van der Waals surface area contributed by atoms with Gasteiger partial charge in [-0.2, -0.15) is 0 Å². The first-order valence-corrected chi connectivity index (χ1v) is 7.25. The van der Waals surface area contributed by atoms with Gasteiger partial charge in [0.25, 0.3) is 0 Å². The van der Waals surface area contributed by atoms with E-state index in [4.69, 9.17) is 11.6 Å². The third-order valence-corrected chi connectivity index (χ3v) is 3.37. The Labute approximate surface area is 138 Å². The molecule has 0 unspecified atom stereocenters. The van der Waals surface area contributed by atoms with Crippen molar-refractivity contribution < 1.29 is 14.3 Å². The number of methoxy groups -OCH3 is 1. The Morgan fingerprint density at radius 1 is 1.30 bits per heavy atom. The lowest BCUT2D eigenvalue weighted by Gasteiger charge is -2.10. The molecule has 2 aromatic rings. The van der Waals surface area contributed by atoms with Gasteiger partial charge in [-0.05, 0) is 29.8 Å². The van der Waals surface area contributed by atoms with Crippen LogP contribution in [-0.2, 0) is 16.1 Å². The second-order valence-electron chi connectivity index (χ2n) is 4.68. The standard InChI is InChI=1S/C16H16ClN3O3/c1-23-16(22)12-4-5-13(17)14(7-12)19-10-15(21)20-9-11-3-2-6-18-8-11/h2-8,19H,9-10H2,1H3,(H,20,21). The van der Waals surface area contributed by atoms with Gasteiger partial charge in [0.05, 0.1) is 29.9 Å².